The number of carbonyl (C=O) groups is 2. The molecule has 3 fully saturated rings. The Labute approximate surface area is 222 Å². The maximum atomic E-state index is 13.8. The second-order valence-electron chi connectivity index (χ2n) is 12.2. The number of rotatable bonds is 4. The molecule has 8 atom stereocenters. The highest BCUT2D eigenvalue weighted by molar-refractivity contribution is 8.00. The Morgan fingerprint density at radius 2 is 2.00 bits per heavy atom. The van der Waals surface area contributed by atoms with Gasteiger partial charge in [0.1, 0.15) is 10.6 Å². The summed E-state index contributed by atoms with van der Waals surface area (Å²) in [5, 5.41) is 26.6. The van der Waals surface area contributed by atoms with Crippen molar-refractivity contribution in [2.75, 3.05) is 5.75 Å². The summed E-state index contributed by atoms with van der Waals surface area (Å²) in [5.74, 6) is 0.515. The quantitative estimate of drug-likeness (QED) is 0.546. The van der Waals surface area contributed by atoms with E-state index in [0.29, 0.717) is 12.8 Å². The Balaban J connectivity index is 1.28. The largest absolute Gasteiger partial charge is 0.393 e. The molecule has 194 valence electrons. The van der Waals surface area contributed by atoms with E-state index in [4.69, 9.17) is 0 Å². The van der Waals surface area contributed by atoms with Crippen LogP contribution in [0, 0.1) is 34.5 Å². The smallest absolute Gasteiger partial charge is 0.178 e. The minimum absolute atomic E-state index is 0.0203. The summed E-state index contributed by atoms with van der Waals surface area (Å²) in [7, 11) is 0. The fourth-order valence-corrected chi connectivity index (χ4v) is 9.66. The number of hydrogen-bond donors (Lipinski definition) is 2. The molecular weight excluding hydrogens is 482 g/mol. The van der Waals surface area contributed by atoms with Gasteiger partial charge < -0.3 is 10.2 Å². The van der Waals surface area contributed by atoms with Crippen LogP contribution >= 0.6 is 11.8 Å². The van der Waals surface area contributed by atoms with Crippen LogP contribution in [-0.2, 0) is 9.59 Å². The molecule has 1 aromatic carbocycles. The van der Waals surface area contributed by atoms with Gasteiger partial charge in [-0.3, -0.25) is 9.59 Å². The monoisotopic (exact) mass is 517 g/mol. The molecule has 5 nitrogen and oxygen atoms in total. The van der Waals surface area contributed by atoms with Crippen LogP contribution in [0.4, 0.5) is 0 Å². The van der Waals surface area contributed by atoms with Crippen LogP contribution in [0.5, 0.6) is 0 Å². The van der Waals surface area contributed by atoms with Gasteiger partial charge in [-0.05, 0) is 67.0 Å². The lowest BCUT2D eigenvalue weighted by Crippen LogP contribution is -2.62. The number of Topliss-reactive ketones (excluding diaryl/α,β-unsaturated/α-hetero) is 1. The summed E-state index contributed by atoms with van der Waals surface area (Å²) >= 11 is 1.39. The van der Waals surface area contributed by atoms with Gasteiger partial charge in [-0.25, -0.2) is 4.98 Å². The van der Waals surface area contributed by atoms with Gasteiger partial charge >= 0.3 is 0 Å². The number of aromatic nitrogens is 1. The van der Waals surface area contributed by atoms with Gasteiger partial charge in [-0.15, -0.1) is 0 Å². The molecular formula is C31H35NO4S. The van der Waals surface area contributed by atoms with Crippen LogP contribution in [0.25, 0.3) is 10.8 Å². The van der Waals surface area contributed by atoms with Gasteiger partial charge in [-0.1, -0.05) is 68.4 Å². The van der Waals surface area contributed by atoms with Crippen LogP contribution in [0.1, 0.15) is 46.5 Å². The zero-order chi connectivity index (χ0) is 26.2. The topological polar surface area (TPSA) is 87.5 Å². The van der Waals surface area contributed by atoms with Crippen molar-refractivity contribution in [3.05, 3.63) is 60.3 Å². The molecule has 1 aromatic heterocycles. The number of benzene rings is 1. The number of thioether (sulfide) groups is 1. The average Bonchev–Trinajstić information content (AvgIpc) is 3.14. The highest BCUT2D eigenvalue weighted by Crippen LogP contribution is 2.67. The highest BCUT2D eigenvalue weighted by atomic mass is 32.2. The zero-order valence-corrected chi connectivity index (χ0v) is 22.5. The van der Waals surface area contributed by atoms with E-state index in [1.54, 1.807) is 18.3 Å². The molecule has 0 bridgehead atoms. The molecule has 0 aliphatic heterocycles. The molecule has 37 heavy (non-hydrogen) atoms. The highest BCUT2D eigenvalue weighted by Gasteiger charge is 2.68. The molecule has 6 rings (SSSR count). The minimum Gasteiger partial charge on any atom is -0.393 e. The van der Waals surface area contributed by atoms with E-state index in [9.17, 15) is 19.8 Å². The standard InChI is InChI=1S/C31H35NO4S/c1-18-14-22-23-9-12-31(36,26(35)17-37-28-21-7-5-4-6-19(21)10-13-32-28)30(23,3)16-25(34)27(22)29(2)11-8-20(33)15-24(18)29/h4-8,10-11,13,15,18,22-23,25,27,34,36H,9,12,14,16-17H2,1-3H3/t18-,22?,23?,25-,27?,29?,30?,31-/m0/s1. The molecule has 5 unspecified atom stereocenters. The van der Waals surface area contributed by atoms with E-state index in [2.05, 4.69) is 18.8 Å². The Morgan fingerprint density at radius 3 is 2.81 bits per heavy atom. The third-order valence-corrected chi connectivity index (χ3v) is 11.4. The third-order valence-electron chi connectivity index (χ3n) is 10.4. The molecule has 0 saturated heterocycles. The number of fused-ring (bicyclic) bond motifs is 6. The normalized spacial score (nSPS) is 40.6. The Hall–Kier alpha value is -2.28. The summed E-state index contributed by atoms with van der Waals surface area (Å²) in [6, 6.07) is 9.95. The molecule has 1 heterocycles. The van der Waals surface area contributed by atoms with Gasteiger partial charge in [0.25, 0.3) is 0 Å². The summed E-state index contributed by atoms with van der Waals surface area (Å²) in [6.07, 6.45) is 8.97. The van der Waals surface area contributed by atoms with E-state index in [1.807, 2.05) is 43.3 Å². The number of allylic oxidation sites excluding steroid dienone is 4. The first-order chi connectivity index (χ1) is 17.6. The molecule has 4 aliphatic carbocycles. The number of ketones is 2. The van der Waals surface area contributed by atoms with Crippen molar-refractivity contribution in [3.8, 4) is 0 Å². The number of aliphatic hydroxyl groups excluding tert-OH is 1. The van der Waals surface area contributed by atoms with Crippen molar-refractivity contribution in [1.29, 1.82) is 0 Å². The first-order valence-electron chi connectivity index (χ1n) is 13.4. The first kappa shape index (κ1) is 25.0. The molecule has 2 aromatic rings. The Morgan fingerprint density at radius 1 is 1.22 bits per heavy atom. The molecule has 0 radical (unpaired) electrons. The van der Waals surface area contributed by atoms with Crippen molar-refractivity contribution in [2.24, 2.45) is 34.5 Å². The molecule has 0 spiro atoms. The number of carbonyl (C=O) groups excluding carboxylic acids is 2. The summed E-state index contributed by atoms with van der Waals surface area (Å²) < 4.78 is 0. The molecule has 0 amide bonds. The number of nitrogens with zero attached hydrogens (tertiary/aromatic N) is 1. The van der Waals surface area contributed by atoms with Gasteiger partial charge in [0.2, 0.25) is 0 Å². The Bertz CT molecular complexity index is 1350. The van der Waals surface area contributed by atoms with Crippen molar-refractivity contribution < 1.29 is 19.8 Å². The molecule has 4 aliphatic rings. The maximum absolute atomic E-state index is 13.8. The van der Waals surface area contributed by atoms with Crippen LogP contribution < -0.4 is 0 Å². The van der Waals surface area contributed by atoms with Gasteiger partial charge in [0.05, 0.1) is 11.9 Å². The zero-order valence-electron chi connectivity index (χ0n) is 21.7. The average molecular weight is 518 g/mol. The van der Waals surface area contributed by atoms with Crippen molar-refractivity contribution in [3.63, 3.8) is 0 Å². The first-order valence-corrected chi connectivity index (χ1v) is 14.4. The number of aliphatic hydroxyl groups is 2. The Kier molecular flexibility index (Phi) is 5.83. The van der Waals surface area contributed by atoms with Crippen molar-refractivity contribution >= 4 is 34.1 Å². The predicted octanol–water partition coefficient (Wildman–Crippen LogP) is 5.15. The van der Waals surface area contributed by atoms with Crippen LogP contribution in [0.3, 0.4) is 0 Å². The number of hydrogen-bond acceptors (Lipinski definition) is 6. The van der Waals surface area contributed by atoms with Crippen LogP contribution in [0.2, 0.25) is 0 Å². The van der Waals surface area contributed by atoms with Crippen LogP contribution in [-0.4, -0.2) is 44.2 Å². The molecule has 2 N–H and O–H groups in total. The van der Waals surface area contributed by atoms with E-state index >= 15 is 0 Å². The fourth-order valence-electron chi connectivity index (χ4n) is 8.67. The molecule has 3 saturated carbocycles. The third kappa shape index (κ3) is 3.55. The van der Waals surface area contributed by atoms with Crippen molar-refractivity contribution in [2.45, 2.75) is 63.2 Å². The van der Waals surface area contributed by atoms with E-state index in [1.165, 1.54) is 11.8 Å². The van der Waals surface area contributed by atoms with Crippen molar-refractivity contribution in [1.82, 2.24) is 4.98 Å². The summed E-state index contributed by atoms with van der Waals surface area (Å²) in [6.45, 7) is 6.35. The maximum Gasteiger partial charge on any atom is 0.178 e. The lowest BCUT2D eigenvalue weighted by Gasteiger charge is -2.60. The van der Waals surface area contributed by atoms with E-state index in [-0.39, 0.29) is 46.4 Å². The van der Waals surface area contributed by atoms with Crippen LogP contribution in [0.15, 0.2) is 65.4 Å². The summed E-state index contributed by atoms with van der Waals surface area (Å²) in [4.78, 5) is 30.4. The SMILES string of the molecule is C[C@H]1CC2C([C@@H](O)CC3(C)C2CC[C@]3(O)C(=O)CSc2nccc3ccccc23)C2(C)C=CC(=O)C=C12. The predicted molar refractivity (Wildman–Crippen MR) is 145 cm³/mol. The van der Waals surface area contributed by atoms with E-state index < -0.39 is 17.1 Å². The lowest BCUT2D eigenvalue weighted by molar-refractivity contribution is -0.176. The van der Waals surface area contributed by atoms with Gasteiger partial charge in [-0.2, -0.15) is 0 Å². The van der Waals surface area contributed by atoms with Gasteiger partial charge in [0, 0.05) is 28.3 Å². The van der Waals surface area contributed by atoms with Gasteiger partial charge in [0.15, 0.2) is 11.6 Å². The fraction of sp³-hybridized carbons (Fsp3) is 0.516. The minimum atomic E-state index is -1.47. The lowest BCUT2D eigenvalue weighted by atomic mass is 9.45. The molecule has 6 heteroatoms. The second kappa shape index (κ2) is 8.62. The van der Waals surface area contributed by atoms with E-state index in [0.717, 1.165) is 34.2 Å². The second-order valence-corrected chi connectivity index (χ2v) is 13.2. The number of pyridine rings is 1. The summed E-state index contributed by atoms with van der Waals surface area (Å²) in [5.41, 5.74) is -1.42.